The first-order valence-electron chi connectivity index (χ1n) is 9.29. The quantitative estimate of drug-likeness (QED) is 0.819. The van der Waals surface area contributed by atoms with Gasteiger partial charge in [0.15, 0.2) is 0 Å². The molecule has 0 aromatic heterocycles. The molecule has 21 heavy (non-hydrogen) atoms. The molecule has 2 heteroatoms. The first kappa shape index (κ1) is 15.8. The Morgan fingerprint density at radius 2 is 1.81 bits per heavy atom. The van der Waals surface area contributed by atoms with Crippen molar-refractivity contribution in [1.29, 1.82) is 0 Å². The zero-order valence-electron chi connectivity index (χ0n) is 14.3. The summed E-state index contributed by atoms with van der Waals surface area (Å²) in [5, 5.41) is 11.5. The van der Waals surface area contributed by atoms with Crippen molar-refractivity contribution in [2.24, 2.45) is 34.3 Å². The first-order valence-corrected chi connectivity index (χ1v) is 9.29. The zero-order chi connectivity index (χ0) is 15.3. The molecule has 0 amide bonds. The Balaban J connectivity index is 1.75. The fourth-order valence-electron chi connectivity index (χ4n) is 6.12. The van der Waals surface area contributed by atoms with Gasteiger partial charge in [0, 0.05) is 12.0 Å². The molecule has 3 aliphatic carbocycles. The van der Waals surface area contributed by atoms with Gasteiger partial charge in [-0.1, -0.05) is 33.6 Å². The number of aliphatic hydroxyl groups is 1. The van der Waals surface area contributed by atoms with E-state index in [0.29, 0.717) is 17.9 Å². The maximum Gasteiger partial charge on any atom is 0.0718 e. The molecule has 0 aliphatic heterocycles. The van der Waals surface area contributed by atoms with Crippen molar-refractivity contribution in [3.05, 3.63) is 0 Å². The number of fused-ring (bicyclic) bond motifs is 2. The first-order chi connectivity index (χ1) is 9.87. The summed E-state index contributed by atoms with van der Waals surface area (Å²) in [6, 6.07) is 0. The van der Waals surface area contributed by atoms with Gasteiger partial charge in [0.05, 0.1) is 5.60 Å². The fraction of sp³-hybridized carbons (Fsp3) is 1.00. The normalized spacial score (nSPS) is 47.0. The van der Waals surface area contributed by atoms with Gasteiger partial charge in [-0.2, -0.15) is 0 Å². The van der Waals surface area contributed by atoms with E-state index < -0.39 is 5.60 Å². The van der Waals surface area contributed by atoms with Crippen LogP contribution in [-0.4, -0.2) is 17.3 Å². The Hall–Kier alpha value is -0.0800. The molecule has 0 saturated heterocycles. The van der Waals surface area contributed by atoms with E-state index >= 15 is 0 Å². The molecule has 0 aromatic carbocycles. The number of nitrogens with two attached hydrogens (primary N) is 1. The Bertz CT molecular complexity index is 383. The molecule has 3 aliphatic rings. The molecule has 3 fully saturated rings. The minimum Gasteiger partial charge on any atom is -0.389 e. The van der Waals surface area contributed by atoms with Crippen LogP contribution in [0.5, 0.6) is 0 Å². The second-order valence-corrected chi connectivity index (χ2v) is 9.09. The van der Waals surface area contributed by atoms with Crippen molar-refractivity contribution >= 4 is 0 Å². The summed E-state index contributed by atoms with van der Waals surface area (Å²) in [5.41, 5.74) is 6.26. The lowest BCUT2D eigenvalue weighted by molar-refractivity contribution is -0.143. The van der Waals surface area contributed by atoms with E-state index in [2.05, 4.69) is 20.8 Å². The van der Waals surface area contributed by atoms with E-state index in [1.165, 1.54) is 44.9 Å². The van der Waals surface area contributed by atoms with Gasteiger partial charge in [0.2, 0.25) is 0 Å². The van der Waals surface area contributed by atoms with Crippen molar-refractivity contribution in [1.82, 2.24) is 0 Å². The predicted molar refractivity (Wildman–Crippen MR) is 87.9 cm³/mol. The van der Waals surface area contributed by atoms with Crippen LogP contribution in [-0.2, 0) is 0 Å². The molecule has 2 bridgehead atoms. The van der Waals surface area contributed by atoms with Crippen LogP contribution >= 0.6 is 0 Å². The SMILES string of the molecule is CCC(C)(C)C1CCC(O)(C2(CN)CC3CCC2C3)CC1. The molecule has 122 valence electrons. The molecule has 3 saturated carbocycles. The number of hydrogen-bond acceptors (Lipinski definition) is 2. The summed E-state index contributed by atoms with van der Waals surface area (Å²) in [7, 11) is 0. The van der Waals surface area contributed by atoms with Crippen molar-refractivity contribution < 1.29 is 5.11 Å². The summed E-state index contributed by atoms with van der Waals surface area (Å²) in [4.78, 5) is 0. The summed E-state index contributed by atoms with van der Waals surface area (Å²) < 4.78 is 0. The Morgan fingerprint density at radius 1 is 1.14 bits per heavy atom. The monoisotopic (exact) mass is 293 g/mol. The summed E-state index contributed by atoms with van der Waals surface area (Å²) in [5.74, 6) is 2.33. The lowest BCUT2D eigenvalue weighted by Crippen LogP contribution is -2.57. The largest absolute Gasteiger partial charge is 0.389 e. The van der Waals surface area contributed by atoms with Crippen molar-refractivity contribution in [3.8, 4) is 0 Å². The molecule has 0 heterocycles. The summed E-state index contributed by atoms with van der Waals surface area (Å²) in [6.07, 6.45) is 10.8. The number of hydrogen-bond donors (Lipinski definition) is 2. The topological polar surface area (TPSA) is 46.2 Å². The molecule has 3 unspecified atom stereocenters. The standard InChI is InChI=1S/C19H35NO/c1-4-17(2,3)15-7-9-19(21,10-8-15)18(13-20)12-14-5-6-16(18)11-14/h14-16,21H,4-13,20H2,1-3H3. The van der Waals surface area contributed by atoms with Gasteiger partial charge in [-0.05, 0) is 68.1 Å². The third-order valence-electron chi connectivity index (χ3n) is 8.10. The average molecular weight is 293 g/mol. The molecule has 0 radical (unpaired) electrons. The van der Waals surface area contributed by atoms with Crippen molar-refractivity contribution in [2.45, 2.75) is 84.2 Å². The van der Waals surface area contributed by atoms with Gasteiger partial charge in [0.25, 0.3) is 0 Å². The molecular weight excluding hydrogens is 258 g/mol. The van der Waals surface area contributed by atoms with Gasteiger partial charge in [-0.25, -0.2) is 0 Å². The van der Waals surface area contributed by atoms with Crippen LogP contribution in [0.3, 0.4) is 0 Å². The third kappa shape index (κ3) is 2.28. The maximum absolute atomic E-state index is 11.5. The van der Waals surface area contributed by atoms with E-state index in [-0.39, 0.29) is 5.41 Å². The maximum atomic E-state index is 11.5. The molecular formula is C19H35NO. The molecule has 0 aromatic rings. The molecule has 2 nitrogen and oxygen atoms in total. The highest BCUT2D eigenvalue weighted by Gasteiger charge is 2.61. The van der Waals surface area contributed by atoms with Gasteiger partial charge in [0.1, 0.15) is 0 Å². The highest BCUT2D eigenvalue weighted by atomic mass is 16.3. The minimum atomic E-state index is -0.470. The zero-order valence-corrected chi connectivity index (χ0v) is 14.3. The Kier molecular flexibility index (Phi) is 3.94. The highest BCUT2D eigenvalue weighted by Crippen LogP contribution is 2.63. The lowest BCUT2D eigenvalue weighted by atomic mass is 9.55. The van der Waals surface area contributed by atoms with E-state index in [9.17, 15) is 5.11 Å². The van der Waals surface area contributed by atoms with Crippen LogP contribution in [0.1, 0.15) is 78.6 Å². The number of rotatable bonds is 4. The van der Waals surface area contributed by atoms with E-state index in [0.717, 1.165) is 24.7 Å². The van der Waals surface area contributed by atoms with Gasteiger partial charge >= 0.3 is 0 Å². The highest BCUT2D eigenvalue weighted by molar-refractivity contribution is 5.12. The molecule has 3 atom stereocenters. The molecule has 3 rings (SSSR count). The Labute approximate surface area is 130 Å². The van der Waals surface area contributed by atoms with Crippen LogP contribution in [0.15, 0.2) is 0 Å². The van der Waals surface area contributed by atoms with Gasteiger partial charge in [-0.15, -0.1) is 0 Å². The molecule has 0 spiro atoms. The van der Waals surface area contributed by atoms with E-state index in [1.54, 1.807) is 0 Å². The van der Waals surface area contributed by atoms with Crippen LogP contribution in [0.25, 0.3) is 0 Å². The lowest BCUT2D eigenvalue weighted by Gasteiger charge is -2.54. The minimum absolute atomic E-state index is 0.0528. The van der Waals surface area contributed by atoms with Crippen LogP contribution < -0.4 is 5.73 Å². The van der Waals surface area contributed by atoms with Crippen LogP contribution in [0, 0.1) is 28.6 Å². The van der Waals surface area contributed by atoms with Gasteiger partial charge < -0.3 is 10.8 Å². The predicted octanol–water partition coefficient (Wildman–Crippen LogP) is 4.11. The summed E-state index contributed by atoms with van der Waals surface area (Å²) >= 11 is 0. The average Bonchev–Trinajstić information content (AvgIpc) is 3.09. The smallest absolute Gasteiger partial charge is 0.0718 e. The second kappa shape index (κ2) is 5.23. The van der Waals surface area contributed by atoms with Crippen molar-refractivity contribution in [3.63, 3.8) is 0 Å². The van der Waals surface area contributed by atoms with Crippen LogP contribution in [0.2, 0.25) is 0 Å². The third-order valence-corrected chi connectivity index (χ3v) is 8.10. The molecule has 3 N–H and O–H groups in total. The van der Waals surface area contributed by atoms with E-state index in [4.69, 9.17) is 5.73 Å². The Morgan fingerprint density at radius 3 is 2.24 bits per heavy atom. The van der Waals surface area contributed by atoms with E-state index in [1.807, 2.05) is 0 Å². The summed E-state index contributed by atoms with van der Waals surface area (Å²) in [6.45, 7) is 7.81. The van der Waals surface area contributed by atoms with Gasteiger partial charge in [-0.3, -0.25) is 0 Å². The van der Waals surface area contributed by atoms with Crippen molar-refractivity contribution in [2.75, 3.05) is 6.54 Å². The van der Waals surface area contributed by atoms with Crippen LogP contribution in [0.4, 0.5) is 0 Å². The fourth-order valence-corrected chi connectivity index (χ4v) is 6.12. The second-order valence-electron chi connectivity index (χ2n) is 9.09.